The van der Waals surface area contributed by atoms with Crippen LogP contribution in [0.4, 0.5) is 0 Å². The van der Waals surface area contributed by atoms with E-state index in [1.807, 2.05) is 6.07 Å². The molecule has 1 N–H and O–H groups in total. The van der Waals surface area contributed by atoms with E-state index < -0.39 is 5.92 Å². The van der Waals surface area contributed by atoms with Crippen LogP contribution in [0.5, 0.6) is 5.75 Å². The number of benzene rings is 2. The van der Waals surface area contributed by atoms with Gasteiger partial charge < -0.3 is 9.90 Å². The number of carbonyl (C=O) groups excluding carboxylic acids is 2. The average molecular weight is 289 g/mol. The van der Waals surface area contributed by atoms with Gasteiger partial charge >= 0.3 is 0 Å². The molecule has 0 spiro atoms. The number of hydrogen-bond donors (Lipinski definition) is 1. The topological polar surface area (TPSA) is 54.4 Å². The number of Topliss-reactive ketones (excluding diaryl/α,β-unsaturated/α-hetero) is 1. The standard InChI is InChI=1S/C16H13ClO3/c17-13-6-7-15(19)12(8-13)9-16(20)14(10-18)11-4-2-1-3-5-11/h1-8,10,14,19H,9H2. The monoisotopic (exact) mass is 288 g/mol. The first-order chi connectivity index (χ1) is 9.61. The van der Waals surface area contributed by atoms with Crippen molar-refractivity contribution in [2.45, 2.75) is 12.3 Å². The van der Waals surface area contributed by atoms with Crippen molar-refractivity contribution in [3.8, 4) is 5.75 Å². The largest absolute Gasteiger partial charge is 0.508 e. The Morgan fingerprint density at radius 3 is 2.55 bits per heavy atom. The Balaban J connectivity index is 2.22. The van der Waals surface area contributed by atoms with Crippen molar-refractivity contribution in [2.75, 3.05) is 0 Å². The summed E-state index contributed by atoms with van der Waals surface area (Å²) in [5.74, 6) is -1.10. The van der Waals surface area contributed by atoms with Crippen molar-refractivity contribution >= 4 is 23.7 Å². The highest BCUT2D eigenvalue weighted by molar-refractivity contribution is 6.30. The Labute approximate surface area is 121 Å². The molecule has 102 valence electrons. The summed E-state index contributed by atoms with van der Waals surface area (Å²) in [7, 11) is 0. The van der Waals surface area contributed by atoms with E-state index in [-0.39, 0.29) is 18.0 Å². The normalized spacial score (nSPS) is 11.8. The molecular weight excluding hydrogens is 276 g/mol. The molecule has 0 aliphatic rings. The van der Waals surface area contributed by atoms with Crippen molar-refractivity contribution in [3.63, 3.8) is 0 Å². The predicted molar refractivity (Wildman–Crippen MR) is 77.1 cm³/mol. The maximum Gasteiger partial charge on any atom is 0.151 e. The van der Waals surface area contributed by atoms with Gasteiger partial charge in [-0.05, 0) is 23.8 Å². The lowest BCUT2D eigenvalue weighted by molar-refractivity contribution is -0.123. The van der Waals surface area contributed by atoms with Gasteiger partial charge in [0.2, 0.25) is 0 Å². The summed E-state index contributed by atoms with van der Waals surface area (Å²) in [5.41, 5.74) is 1.07. The van der Waals surface area contributed by atoms with Gasteiger partial charge in [-0.25, -0.2) is 0 Å². The Kier molecular flexibility index (Phi) is 4.53. The molecule has 1 atom stereocenters. The third-order valence-electron chi connectivity index (χ3n) is 3.05. The van der Waals surface area contributed by atoms with Crippen LogP contribution in [0.2, 0.25) is 5.02 Å². The molecule has 0 saturated heterocycles. The van der Waals surface area contributed by atoms with E-state index >= 15 is 0 Å². The number of aromatic hydroxyl groups is 1. The summed E-state index contributed by atoms with van der Waals surface area (Å²) in [5, 5.41) is 10.1. The van der Waals surface area contributed by atoms with Gasteiger partial charge in [0.1, 0.15) is 12.0 Å². The molecule has 0 aliphatic heterocycles. The summed E-state index contributed by atoms with van der Waals surface area (Å²) in [6, 6.07) is 13.3. The Hall–Kier alpha value is -2.13. The van der Waals surface area contributed by atoms with Crippen LogP contribution in [0, 0.1) is 0 Å². The molecule has 1 unspecified atom stereocenters. The third kappa shape index (κ3) is 3.25. The number of hydrogen-bond acceptors (Lipinski definition) is 3. The van der Waals surface area contributed by atoms with Crippen molar-refractivity contribution in [3.05, 3.63) is 64.7 Å². The lowest BCUT2D eigenvalue weighted by Crippen LogP contribution is -2.16. The lowest BCUT2D eigenvalue weighted by atomic mass is 9.92. The SMILES string of the molecule is O=CC(C(=O)Cc1cc(Cl)ccc1O)c1ccccc1. The fraction of sp³-hybridized carbons (Fsp3) is 0.125. The molecule has 0 saturated carbocycles. The van der Waals surface area contributed by atoms with E-state index in [1.165, 1.54) is 12.1 Å². The second kappa shape index (κ2) is 6.35. The fourth-order valence-corrected chi connectivity index (χ4v) is 2.19. The van der Waals surface area contributed by atoms with Crippen LogP contribution in [-0.2, 0) is 16.0 Å². The van der Waals surface area contributed by atoms with Crippen LogP contribution in [0.1, 0.15) is 17.0 Å². The molecule has 0 amide bonds. The van der Waals surface area contributed by atoms with Gasteiger partial charge in [0.25, 0.3) is 0 Å². The van der Waals surface area contributed by atoms with E-state index in [4.69, 9.17) is 11.6 Å². The number of rotatable bonds is 5. The number of ketones is 1. The average Bonchev–Trinajstić information content (AvgIpc) is 2.45. The Bertz CT molecular complexity index is 623. The molecule has 2 rings (SSSR count). The molecule has 0 fully saturated rings. The number of aldehydes is 1. The van der Waals surface area contributed by atoms with Crippen molar-refractivity contribution < 1.29 is 14.7 Å². The maximum atomic E-state index is 12.2. The molecular formula is C16H13ClO3. The van der Waals surface area contributed by atoms with E-state index in [0.29, 0.717) is 22.4 Å². The quantitative estimate of drug-likeness (QED) is 0.679. The molecule has 2 aromatic carbocycles. The highest BCUT2D eigenvalue weighted by Crippen LogP contribution is 2.24. The Morgan fingerprint density at radius 1 is 1.20 bits per heavy atom. The molecule has 0 heterocycles. The van der Waals surface area contributed by atoms with Crippen LogP contribution in [-0.4, -0.2) is 17.2 Å². The summed E-state index contributed by atoms with van der Waals surface area (Å²) < 4.78 is 0. The highest BCUT2D eigenvalue weighted by atomic mass is 35.5. The van der Waals surface area contributed by atoms with Gasteiger partial charge in [0, 0.05) is 17.0 Å². The second-order valence-corrected chi connectivity index (χ2v) is 4.88. The summed E-state index contributed by atoms with van der Waals surface area (Å²) in [4.78, 5) is 23.4. The zero-order valence-corrected chi connectivity index (χ0v) is 11.4. The Morgan fingerprint density at radius 2 is 1.90 bits per heavy atom. The van der Waals surface area contributed by atoms with Crippen LogP contribution >= 0.6 is 11.6 Å². The van der Waals surface area contributed by atoms with Crippen molar-refractivity contribution in [1.29, 1.82) is 0 Å². The first kappa shape index (κ1) is 14.3. The molecule has 2 aromatic rings. The van der Waals surface area contributed by atoms with Gasteiger partial charge in [-0.15, -0.1) is 0 Å². The number of phenols is 1. The van der Waals surface area contributed by atoms with Crippen LogP contribution in [0.15, 0.2) is 48.5 Å². The molecule has 0 bridgehead atoms. The van der Waals surface area contributed by atoms with Gasteiger partial charge in [0.15, 0.2) is 5.78 Å². The lowest BCUT2D eigenvalue weighted by Gasteiger charge is -2.10. The number of phenolic OH excluding ortho intramolecular Hbond substituents is 1. The minimum atomic E-state index is -0.824. The molecule has 0 aromatic heterocycles. The molecule has 4 heteroatoms. The van der Waals surface area contributed by atoms with Gasteiger partial charge in [-0.1, -0.05) is 41.9 Å². The van der Waals surface area contributed by atoms with Crippen LogP contribution in [0.3, 0.4) is 0 Å². The van der Waals surface area contributed by atoms with Crippen LogP contribution < -0.4 is 0 Å². The van der Waals surface area contributed by atoms with Gasteiger partial charge in [0.05, 0.1) is 5.92 Å². The molecule has 0 radical (unpaired) electrons. The smallest absolute Gasteiger partial charge is 0.151 e. The minimum absolute atomic E-state index is 0.000427. The first-order valence-electron chi connectivity index (χ1n) is 6.12. The second-order valence-electron chi connectivity index (χ2n) is 4.44. The zero-order valence-electron chi connectivity index (χ0n) is 10.6. The third-order valence-corrected chi connectivity index (χ3v) is 3.28. The summed E-state index contributed by atoms with van der Waals surface area (Å²) >= 11 is 5.84. The zero-order chi connectivity index (χ0) is 14.5. The van der Waals surface area contributed by atoms with Crippen molar-refractivity contribution in [2.24, 2.45) is 0 Å². The fourth-order valence-electron chi connectivity index (χ4n) is 1.99. The van der Waals surface area contributed by atoms with Gasteiger partial charge in [-0.2, -0.15) is 0 Å². The minimum Gasteiger partial charge on any atom is -0.508 e. The van der Waals surface area contributed by atoms with Crippen LogP contribution in [0.25, 0.3) is 0 Å². The summed E-state index contributed by atoms with van der Waals surface area (Å²) in [6.07, 6.45) is 0.587. The van der Waals surface area contributed by atoms with E-state index in [2.05, 4.69) is 0 Å². The number of halogens is 1. The highest BCUT2D eigenvalue weighted by Gasteiger charge is 2.21. The maximum absolute atomic E-state index is 12.2. The molecule has 0 aliphatic carbocycles. The molecule has 3 nitrogen and oxygen atoms in total. The van der Waals surface area contributed by atoms with E-state index in [9.17, 15) is 14.7 Å². The van der Waals surface area contributed by atoms with E-state index in [0.717, 1.165) is 0 Å². The van der Waals surface area contributed by atoms with E-state index in [1.54, 1.807) is 30.3 Å². The summed E-state index contributed by atoms with van der Waals surface area (Å²) in [6.45, 7) is 0. The number of carbonyl (C=O) groups is 2. The van der Waals surface area contributed by atoms with Gasteiger partial charge in [-0.3, -0.25) is 4.79 Å². The first-order valence-corrected chi connectivity index (χ1v) is 6.50. The van der Waals surface area contributed by atoms with Crippen molar-refractivity contribution in [1.82, 2.24) is 0 Å². The predicted octanol–water partition coefficient (Wildman–Crippen LogP) is 3.14. The molecule has 20 heavy (non-hydrogen) atoms.